The van der Waals surface area contributed by atoms with Gasteiger partial charge in [0.1, 0.15) is 7.85 Å². The van der Waals surface area contributed by atoms with Crippen LogP contribution in [0, 0.1) is 0 Å². The average Bonchev–Trinajstić information content (AvgIpc) is 2.33. The summed E-state index contributed by atoms with van der Waals surface area (Å²) in [4.78, 5) is 7.80. The van der Waals surface area contributed by atoms with E-state index in [1.54, 1.807) is 6.20 Å². The number of rotatable bonds is 0. The van der Waals surface area contributed by atoms with Gasteiger partial charge >= 0.3 is 0 Å². The van der Waals surface area contributed by atoms with Crippen LogP contribution in [0.15, 0.2) is 11.6 Å². The van der Waals surface area contributed by atoms with Gasteiger partial charge in [-0.25, -0.2) is 9.97 Å². The highest BCUT2D eigenvalue weighted by atomic mass is 35.5. The molecule has 2 aromatic rings. The summed E-state index contributed by atoms with van der Waals surface area (Å²) in [6.45, 7) is 0. The highest BCUT2D eigenvalue weighted by Crippen LogP contribution is 2.15. The van der Waals surface area contributed by atoms with Crippen LogP contribution in [0.4, 0.5) is 0 Å². The Hall–Kier alpha value is -0.605. The van der Waals surface area contributed by atoms with Gasteiger partial charge in [-0.3, -0.25) is 0 Å². The molecule has 0 saturated carbocycles. The van der Waals surface area contributed by atoms with Gasteiger partial charge in [0.25, 0.3) is 0 Å². The first-order chi connectivity index (χ1) is 5.27. The van der Waals surface area contributed by atoms with Crippen molar-refractivity contribution < 1.29 is 0 Å². The normalized spacial score (nSPS) is 10.6. The number of fused-ring (bicyclic) bond motifs is 1. The van der Waals surface area contributed by atoms with Crippen molar-refractivity contribution >= 4 is 46.5 Å². The minimum absolute atomic E-state index is 0.239. The Morgan fingerprint density at radius 2 is 2.36 bits per heavy atom. The van der Waals surface area contributed by atoms with Crippen molar-refractivity contribution in [1.82, 2.24) is 9.97 Å². The second kappa shape index (κ2) is 2.46. The van der Waals surface area contributed by atoms with Gasteiger partial charge in [0.2, 0.25) is 5.28 Å². The minimum atomic E-state index is 0.239. The molecule has 2 heterocycles. The highest BCUT2D eigenvalue weighted by molar-refractivity contribution is 7.18. The van der Waals surface area contributed by atoms with Crippen LogP contribution in [-0.2, 0) is 0 Å². The predicted molar refractivity (Wildman–Crippen MR) is 47.8 cm³/mol. The monoisotopic (exact) mass is 180 g/mol. The molecule has 2 rings (SSSR count). The van der Waals surface area contributed by atoms with Crippen LogP contribution < -0.4 is 5.46 Å². The second-order valence-electron chi connectivity index (χ2n) is 2.04. The van der Waals surface area contributed by atoms with E-state index in [9.17, 15) is 0 Å². The van der Waals surface area contributed by atoms with Gasteiger partial charge < -0.3 is 0 Å². The third kappa shape index (κ3) is 1.12. The SMILES string of the molecule is [B]c1csc2cnc(Cl)nc12. The Kier molecular flexibility index (Phi) is 1.58. The summed E-state index contributed by atoms with van der Waals surface area (Å²) in [6.07, 6.45) is 1.67. The number of aromatic nitrogens is 2. The first-order valence-electron chi connectivity index (χ1n) is 2.92. The van der Waals surface area contributed by atoms with E-state index in [0.717, 1.165) is 10.2 Å². The number of nitrogens with zero attached hydrogens (tertiary/aromatic N) is 2. The molecular weight excluding hydrogens is 178 g/mol. The first-order valence-corrected chi connectivity index (χ1v) is 4.18. The minimum Gasteiger partial charge on any atom is -0.225 e. The highest BCUT2D eigenvalue weighted by Gasteiger charge is 2.01. The molecule has 0 aliphatic rings. The summed E-state index contributed by atoms with van der Waals surface area (Å²) in [7, 11) is 5.61. The lowest BCUT2D eigenvalue weighted by atomic mass is 9.99. The molecule has 0 saturated heterocycles. The molecule has 52 valence electrons. The maximum Gasteiger partial charge on any atom is 0.222 e. The van der Waals surface area contributed by atoms with Crippen molar-refractivity contribution in [2.75, 3.05) is 0 Å². The lowest BCUT2D eigenvalue weighted by molar-refractivity contribution is 1.23. The van der Waals surface area contributed by atoms with Crippen molar-refractivity contribution in [2.24, 2.45) is 0 Å². The van der Waals surface area contributed by atoms with E-state index in [2.05, 4.69) is 9.97 Å². The van der Waals surface area contributed by atoms with Crippen LogP contribution >= 0.6 is 22.9 Å². The zero-order valence-corrected chi connectivity index (χ0v) is 6.99. The van der Waals surface area contributed by atoms with Crippen molar-refractivity contribution in [3.8, 4) is 0 Å². The summed E-state index contributed by atoms with van der Waals surface area (Å²) in [6, 6.07) is 0. The van der Waals surface area contributed by atoms with Gasteiger partial charge in [0.15, 0.2) is 0 Å². The number of halogens is 1. The number of hydrogen-bond acceptors (Lipinski definition) is 3. The summed E-state index contributed by atoms with van der Waals surface area (Å²) < 4.78 is 0.965. The van der Waals surface area contributed by atoms with E-state index >= 15 is 0 Å². The molecule has 0 aliphatic carbocycles. The number of thiophene rings is 1. The summed E-state index contributed by atoms with van der Waals surface area (Å²) in [5.41, 5.74) is 1.41. The summed E-state index contributed by atoms with van der Waals surface area (Å²) in [5, 5.41) is 2.07. The lowest BCUT2D eigenvalue weighted by Gasteiger charge is -1.89. The smallest absolute Gasteiger partial charge is 0.222 e. The summed E-state index contributed by atoms with van der Waals surface area (Å²) in [5.74, 6) is 0. The number of hydrogen-bond donors (Lipinski definition) is 0. The van der Waals surface area contributed by atoms with Crippen LogP contribution in [0.25, 0.3) is 10.2 Å². The standard InChI is InChI=1S/C6H2BClN2S/c7-3-2-11-4-1-9-6(8)10-5(3)4/h1-2H. The Balaban J connectivity index is 2.87. The van der Waals surface area contributed by atoms with Gasteiger partial charge in [0, 0.05) is 6.20 Å². The fraction of sp³-hybridized carbons (Fsp3) is 0. The largest absolute Gasteiger partial charge is 0.225 e. The van der Waals surface area contributed by atoms with E-state index in [1.165, 1.54) is 11.3 Å². The molecule has 0 unspecified atom stereocenters. The molecule has 0 atom stereocenters. The Morgan fingerprint density at radius 3 is 3.18 bits per heavy atom. The van der Waals surface area contributed by atoms with Crippen LogP contribution in [0.1, 0.15) is 0 Å². The van der Waals surface area contributed by atoms with Crippen LogP contribution in [0.3, 0.4) is 0 Å². The third-order valence-corrected chi connectivity index (χ3v) is 2.42. The van der Waals surface area contributed by atoms with E-state index < -0.39 is 0 Å². The maximum absolute atomic E-state index is 5.61. The zero-order valence-electron chi connectivity index (χ0n) is 5.41. The molecule has 2 aromatic heterocycles. The molecule has 0 aliphatic heterocycles. The van der Waals surface area contributed by atoms with E-state index in [4.69, 9.17) is 19.4 Å². The summed E-state index contributed by atoms with van der Waals surface area (Å²) >= 11 is 7.09. The molecule has 11 heavy (non-hydrogen) atoms. The molecule has 0 fully saturated rings. The Labute approximate surface area is 73.6 Å². The molecule has 0 spiro atoms. The van der Waals surface area contributed by atoms with E-state index in [0.29, 0.717) is 5.46 Å². The molecule has 0 aromatic carbocycles. The van der Waals surface area contributed by atoms with Crippen molar-refractivity contribution in [1.29, 1.82) is 0 Å². The van der Waals surface area contributed by atoms with Gasteiger partial charge in [-0.1, -0.05) is 5.46 Å². The lowest BCUT2D eigenvalue weighted by Crippen LogP contribution is -1.99. The van der Waals surface area contributed by atoms with E-state index in [-0.39, 0.29) is 5.28 Å². The quantitative estimate of drug-likeness (QED) is 0.449. The second-order valence-corrected chi connectivity index (χ2v) is 3.29. The van der Waals surface area contributed by atoms with Gasteiger partial charge in [0.05, 0.1) is 10.2 Å². The molecular formula is C6H2BClN2S. The Bertz CT molecular complexity index is 400. The fourth-order valence-corrected chi connectivity index (χ4v) is 1.71. The van der Waals surface area contributed by atoms with E-state index in [1.807, 2.05) is 5.38 Å². The predicted octanol–water partition coefficient (Wildman–Crippen LogP) is 1.14. The van der Waals surface area contributed by atoms with Crippen molar-refractivity contribution in [2.45, 2.75) is 0 Å². The maximum atomic E-state index is 5.61. The topological polar surface area (TPSA) is 25.8 Å². The van der Waals surface area contributed by atoms with Gasteiger partial charge in [-0.15, -0.1) is 11.3 Å². The zero-order chi connectivity index (χ0) is 7.84. The van der Waals surface area contributed by atoms with Crippen molar-refractivity contribution in [3.05, 3.63) is 16.9 Å². The van der Waals surface area contributed by atoms with Gasteiger partial charge in [-0.2, -0.15) is 0 Å². The molecule has 0 N–H and O–H groups in total. The van der Waals surface area contributed by atoms with Crippen LogP contribution in [0.5, 0.6) is 0 Å². The van der Waals surface area contributed by atoms with Crippen LogP contribution in [0.2, 0.25) is 5.28 Å². The van der Waals surface area contributed by atoms with Gasteiger partial charge in [-0.05, 0) is 17.0 Å². The third-order valence-electron chi connectivity index (χ3n) is 1.31. The van der Waals surface area contributed by atoms with Crippen LogP contribution in [-0.4, -0.2) is 17.8 Å². The average molecular weight is 180 g/mol. The molecule has 0 bridgehead atoms. The fourth-order valence-electron chi connectivity index (χ4n) is 0.825. The molecule has 0 amide bonds. The Morgan fingerprint density at radius 1 is 1.55 bits per heavy atom. The first kappa shape index (κ1) is 7.07. The van der Waals surface area contributed by atoms with Crippen molar-refractivity contribution in [3.63, 3.8) is 0 Å². The molecule has 2 nitrogen and oxygen atoms in total. The molecule has 5 heteroatoms. The molecule has 2 radical (unpaired) electrons.